The maximum atomic E-state index is 13.5. The van der Waals surface area contributed by atoms with Gasteiger partial charge < -0.3 is 37.0 Å². The Morgan fingerprint density at radius 3 is 2.33 bits per heavy atom. The Morgan fingerprint density at radius 1 is 0.977 bits per heavy atom. The zero-order valence-corrected chi connectivity index (χ0v) is 26.6. The highest BCUT2D eigenvalue weighted by Gasteiger charge is 2.25. The van der Waals surface area contributed by atoms with E-state index in [0.717, 1.165) is 30.3 Å². The Labute approximate surface area is 267 Å². The van der Waals surface area contributed by atoms with E-state index in [0.29, 0.717) is 30.3 Å². The molecule has 2 heterocycles. The fraction of sp³-hybridized carbons (Fsp3) is 0.375. The van der Waals surface area contributed by atoms with E-state index in [-0.39, 0.29) is 50.7 Å². The second-order valence-electron chi connectivity index (χ2n) is 10.1. The van der Waals surface area contributed by atoms with Crippen LogP contribution >= 0.6 is 15.9 Å². The molecule has 0 unspecified atom stereocenters. The molecule has 0 spiro atoms. The van der Waals surface area contributed by atoms with Gasteiger partial charge in [0.05, 0.1) is 17.6 Å². The van der Waals surface area contributed by atoms with Gasteiger partial charge in [-0.15, -0.1) is 0 Å². The SMILES string of the molecule is CCC[n+]1cc(Br)cc(C(=O)N(CCOC(=O)NCCOC(=O)N2CCC(c3ccccc3)CC2)c2ccccc2)c1.[Cl-]. The number of carbonyl (C=O) groups is 3. The summed E-state index contributed by atoms with van der Waals surface area (Å²) in [5, 5.41) is 2.60. The van der Waals surface area contributed by atoms with Crippen molar-refractivity contribution < 1.29 is 40.8 Å². The van der Waals surface area contributed by atoms with Crippen LogP contribution in [0.2, 0.25) is 0 Å². The molecule has 0 radical (unpaired) electrons. The lowest BCUT2D eigenvalue weighted by molar-refractivity contribution is -0.697. The molecule has 9 nitrogen and oxygen atoms in total. The fourth-order valence-electron chi connectivity index (χ4n) is 5.00. The first-order chi connectivity index (χ1) is 20.4. The monoisotopic (exact) mass is 672 g/mol. The van der Waals surface area contributed by atoms with Crippen molar-refractivity contribution in [2.45, 2.75) is 38.6 Å². The molecular weight excluding hydrogens is 636 g/mol. The van der Waals surface area contributed by atoms with Gasteiger partial charge in [0.1, 0.15) is 25.3 Å². The number of alkyl carbamates (subject to hydrolysis) is 1. The first-order valence-electron chi connectivity index (χ1n) is 14.4. The van der Waals surface area contributed by atoms with Crippen LogP contribution in [0, 0.1) is 0 Å². The molecule has 3 amide bonds. The van der Waals surface area contributed by atoms with Gasteiger partial charge in [-0.05, 0) is 58.5 Å². The van der Waals surface area contributed by atoms with Crippen molar-refractivity contribution in [2.24, 2.45) is 0 Å². The predicted molar refractivity (Wildman–Crippen MR) is 163 cm³/mol. The quantitative estimate of drug-likeness (QED) is 0.250. The number of benzene rings is 2. The predicted octanol–water partition coefficient (Wildman–Crippen LogP) is 2.54. The third-order valence-electron chi connectivity index (χ3n) is 7.10. The van der Waals surface area contributed by atoms with Crippen LogP contribution in [0.4, 0.5) is 15.3 Å². The van der Waals surface area contributed by atoms with Gasteiger partial charge in [-0.2, -0.15) is 0 Å². The molecular formula is C32H38BrClN4O5. The summed E-state index contributed by atoms with van der Waals surface area (Å²) in [5.41, 5.74) is 2.53. The normalized spacial score (nSPS) is 13.0. The van der Waals surface area contributed by atoms with Crippen LogP contribution in [-0.4, -0.2) is 62.4 Å². The number of halogens is 2. The van der Waals surface area contributed by atoms with Gasteiger partial charge >= 0.3 is 12.2 Å². The van der Waals surface area contributed by atoms with Crippen molar-refractivity contribution in [3.63, 3.8) is 0 Å². The smallest absolute Gasteiger partial charge is 0.409 e. The molecule has 0 atom stereocenters. The Kier molecular flexibility index (Phi) is 13.8. The van der Waals surface area contributed by atoms with Gasteiger partial charge in [-0.3, -0.25) is 4.79 Å². The lowest BCUT2D eigenvalue weighted by Gasteiger charge is -2.31. The minimum atomic E-state index is -0.640. The number of aromatic nitrogens is 1. The number of hydrogen-bond donors (Lipinski definition) is 1. The summed E-state index contributed by atoms with van der Waals surface area (Å²) in [6.07, 6.45) is 5.48. The number of amides is 3. The van der Waals surface area contributed by atoms with Crippen LogP contribution in [0.3, 0.4) is 0 Å². The van der Waals surface area contributed by atoms with E-state index in [1.54, 1.807) is 15.9 Å². The minimum Gasteiger partial charge on any atom is -1.00 e. The third-order valence-corrected chi connectivity index (χ3v) is 7.53. The summed E-state index contributed by atoms with van der Waals surface area (Å²) in [5.74, 6) is 0.253. The molecule has 230 valence electrons. The number of anilines is 1. The molecule has 1 aliphatic heterocycles. The molecule has 43 heavy (non-hydrogen) atoms. The summed E-state index contributed by atoms with van der Waals surface area (Å²) < 4.78 is 13.5. The highest BCUT2D eigenvalue weighted by molar-refractivity contribution is 9.10. The number of rotatable bonds is 11. The van der Waals surface area contributed by atoms with Gasteiger partial charge in [0, 0.05) is 25.2 Å². The molecule has 11 heteroatoms. The van der Waals surface area contributed by atoms with Crippen molar-refractivity contribution in [3.8, 4) is 0 Å². The molecule has 3 aromatic rings. The van der Waals surface area contributed by atoms with Gasteiger partial charge in [0.25, 0.3) is 5.91 Å². The summed E-state index contributed by atoms with van der Waals surface area (Å²) >= 11 is 3.50. The van der Waals surface area contributed by atoms with E-state index in [9.17, 15) is 14.4 Å². The highest BCUT2D eigenvalue weighted by Crippen LogP contribution is 2.28. The van der Waals surface area contributed by atoms with E-state index in [1.807, 2.05) is 65.5 Å². The van der Waals surface area contributed by atoms with Crippen molar-refractivity contribution in [3.05, 3.63) is 94.7 Å². The van der Waals surface area contributed by atoms with E-state index >= 15 is 0 Å². The highest BCUT2D eigenvalue weighted by atomic mass is 79.9. The Morgan fingerprint density at radius 2 is 1.65 bits per heavy atom. The van der Waals surface area contributed by atoms with Gasteiger partial charge in [0.2, 0.25) is 0 Å². The average Bonchev–Trinajstić information content (AvgIpc) is 3.02. The number of ether oxygens (including phenoxy) is 2. The van der Waals surface area contributed by atoms with E-state index in [2.05, 4.69) is 40.3 Å². The summed E-state index contributed by atoms with van der Waals surface area (Å²) in [6.45, 7) is 4.48. The summed E-state index contributed by atoms with van der Waals surface area (Å²) in [7, 11) is 0. The number of pyridine rings is 1. The third kappa shape index (κ3) is 10.2. The standard InChI is InChI=1S/C32H37BrN4O5.ClH/c1-2-16-35-23-27(22-28(33)24-35)30(38)37(29-11-7-4-8-12-29)19-21-41-31(39)34-15-20-42-32(40)36-17-13-26(14-18-36)25-9-5-3-6-10-25;/h3-12,22-24,26H,2,13-21H2,1H3;1H. The molecule has 1 aliphatic rings. The van der Waals surface area contributed by atoms with Gasteiger partial charge in [0.15, 0.2) is 12.4 Å². The van der Waals surface area contributed by atoms with Crippen LogP contribution < -0.4 is 27.2 Å². The maximum absolute atomic E-state index is 13.5. The van der Waals surface area contributed by atoms with Gasteiger partial charge in [-0.1, -0.05) is 55.5 Å². The van der Waals surface area contributed by atoms with Crippen LogP contribution in [0.1, 0.15) is 48.0 Å². The molecule has 0 aliphatic carbocycles. The Balaban J connectivity index is 0.00000506. The van der Waals surface area contributed by atoms with Crippen molar-refractivity contribution >= 4 is 39.7 Å². The number of nitrogens with one attached hydrogen (secondary N) is 1. The number of likely N-dealkylation sites (tertiary alicyclic amines) is 1. The number of aryl methyl sites for hydroxylation is 1. The maximum Gasteiger partial charge on any atom is 0.409 e. The molecule has 1 aromatic heterocycles. The molecule has 4 rings (SSSR count). The first-order valence-corrected chi connectivity index (χ1v) is 15.2. The number of nitrogens with zero attached hydrogens (tertiary/aromatic N) is 3. The average molecular weight is 674 g/mol. The van der Waals surface area contributed by atoms with Crippen molar-refractivity contribution in [1.29, 1.82) is 0 Å². The number of carbonyl (C=O) groups excluding carboxylic acids is 3. The molecule has 1 fully saturated rings. The molecule has 1 N–H and O–H groups in total. The zero-order chi connectivity index (χ0) is 29.7. The van der Waals surface area contributed by atoms with E-state index in [4.69, 9.17) is 9.47 Å². The van der Waals surface area contributed by atoms with Crippen molar-refractivity contribution in [2.75, 3.05) is 44.3 Å². The Bertz CT molecular complexity index is 1320. The lowest BCUT2D eigenvalue weighted by atomic mass is 9.90. The number of piperidine rings is 1. The van der Waals surface area contributed by atoms with Crippen molar-refractivity contribution in [1.82, 2.24) is 10.2 Å². The topological polar surface area (TPSA) is 92.1 Å². The van der Waals surface area contributed by atoms with E-state index < -0.39 is 6.09 Å². The van der Waals surface area contributed by atoms with Gasteiger partial charge in [-0.25, -0.2) is 14.2 Å². The molecule has 1 saturated heterocycles. The van der Waals surface area contributed by atoms with Crippen LogP contribution in [0.5, 0.6) is 0 Å². The molecule has 0 saturated carbocycles. The minimum absolute atomic E-state index is 0. The summed E-state index contributed by atoms with van der Waals surface area (Å²) in [6, 6.07) is 21.4. The zero-order valence-electron chi connectivity index (χ0n) is 24.3. The molecule has 0 bridgehead atoms. The van der Waals surface area contributed by atoms with Crippen LogP contribution in [-0.2, 0) is 16.0 Å². The fourth-order valence-corrected chi connectivity index (χ4v) is 5.51. The lowest BCUT2D eigenvalue weighted by Crippen LogP contribution is -3.00. The number of para-hydroxylation sites is 1. The molecule has 2 aromatic carbocycles. The first kappa shape index (κ1) is 33.9. The van der Waals surface area contributed by atoms with E-state index in [1.165, 1.54) is 5.56 Å². The second-order valence-corrected chi connectivity index (χ2v) is 11.0. The van der Waals surface area contributed by atoms with Crippen LogP contribution in [0.15, 0.2) is 83.6 Å². The largest absolute Gasteiger partial charge is 1.00 e. The second kappa shape index (κ2) is 17.5. The van der Waals surface area contributed by atoms with Crippen LogP contribution in [0.25, 0.3) is 0 Å². The summed E-state index contributed by atoms with van der Waals surface area (Å²) in [4.78, 5) is 41.5. The Hall–Kier alpha value is -3.63. The number of hydrogen-bond acceptors (Lipinski definition) is 5.